The Morgan fingerprint density at radius 1 is 1.33 bits per heavy atom. The van der Waals surface area contributed by atoms with Gasteiger partial charge in [0.25, 0.3) is 6.43 Å². The van der Waals surface area contributed by atoms with Crippen LogP contribution in [0.15, 0.2) is 16.6 Å². The maximum absolute atomic E-state index is 13.0. The molecule has 0 heterocycles. The number of rotatable bonds is 1. The standard InChI is InChI=1S/C8H6BrF3/c1-4-2-3-5(8(11)12)7(10)6(4)9/h2-3,8H,1H3. The van der Waals surface area contributed by atoms with E-state index >= 15 is 0 Å². The minimum Gasteiger partial charge on any atom is -0.205 e. The first-order chi connectivity index (χ1) is 5.54. The van der Waals surface area contributed by atoms with Crippen LogP contribution in [0.5, 0.6) is 0 Å². The van der Waals surface area contributed by atoms with Gasteiger partial charge in [0.2, 0.25) is 0 Å². The molecule has 0 unspecified atom stereocenters. The van der Waals surface area contributed by atoms with Crippen LogP contribution in [0, 0.1) is 12.7 Å². The second-order valence-corrected chi connectivity index (χ2v) is 3.19. The van der Waals surface area contributed by atoms with E-state index in [0.717, 1.165) is 6.07 Å². The lowest BCUT2D eigenvalue weighted by Gasteiger charge is -2.05. The van der Waals surface area contributed by atoms with Crippen molar-refractivity contribution < 1.29 is 13.2 Å². The molecule has 0 radical (unpaired) electrons. The summed E-state index contributed by atoms with van der Waals surface area (Å²) in [4.78, 5) is 0. The second-order valence-electron chi connectivity index (χ2n) is 2.40. The van der Waals surface area contributed by atoms with Crippen molar-refractivity contribution in [3.05, 3.63) is 33.5 Å². The number of hydrogen-bond donors (Lipinski definition) is 0. The molecule has 0 aliphatic rings. The fourth-order valence-corrected chi connectivity index (χ4v) is 1.19. The maximum Gasteiger partial charge on any atom is 0.266 e. The molecule has 1 aromatic rings. The number of hydrogen-bond acceptors (Lipinski definition) is 0. The van der Waals surface area contributed by atoms with E-state index in [4.69, 9.17) is 0 Å². The summed E-state index contributed by atoms with van der Waals surface area (Å²) < 4.78 is 37.3. The predicted octanol–water partition coefficient (Wildman–Crippen LogP) is 3.83. The monoisotopic (exact) mass is 238 g/mol. The first-order valence-electron chi connectivity index (χ1n) is 3.26. The normalized spacial score (nSPS) is 10.8. The average Bonchev–Trinajstić information content (AvgIpc) is 2.00. The van der Waals surface area contributed by atoms with Crippen molar-refractivity contribution in [3.63, 3.8) is 0 Å². The largest absolute Gasteiger partial charge is 0.266 e. The molecular formula is C8H6BrF3. The van der Waals surface area contributed by atoms with E-state index in [2.05, 4.69) is 15.9 Å². The molecule has 0 aliphatic carbocycles. The van der Waals surface area contributed by atoms with Crippen molar-refractivity contribution >= 4 is 15.9 Å². The Balaban J connectivity index is 3.27. The van der Waals surface area contributed by atoms with Crippen LogP contribution in [-0.2, 0) is 0 Å². The Bertz CT molecular complexity index is 297. The van der Waals surface area contributed by atoms with Crippen molar-refractivity contribution in [3.8, 4) is 0 Å². The Morgan fingerprint density at radius 2 is 1.92 bits per heavy atom. The van der Waals surface area contributed by atoms with E-state index in [1.54, 1.807) is 6.92 Å². The highest BCUT2D eigenvalue weighted by Gasteiger charge is 2.16. The third-order valence-corrected chi connectivity index (χ3v) is 2.51. The van der Waals surface area contributed by atoms with Crippen LogP contribution in [0.25, 0.3) is 0 Å². The summed E-state index contributed by atoms with van der Waals surface area (Å²) in [5.74, 6) is -0.870. The Kier molecular flexibility index (Phi) is 2.77. The third-order valence-electron chi connectivity index (χ3n) is 1.54. The quantitative estimate of drug-likeness (QED) is 0.698. The summed E-state index contributed by atoms with van der Waals surface area (Å²) in [6.45, 7) is 1.64. The highest BCUT2D eigenvalue weighted by molar-refractivity contribution is 9.10. The molecule has 0 spiro atoms. The molecule has 0 amide bonds. The zero-order chi connectivity index (χ0) is 9.30. The van der Waals surface area contributed by atoms with E-state index in [1.807, 2.05) is 0 Å². The van der Waals surface area contributed by atoms with Crippen LogP contribution in [0.2, 0.25) is 0 Å². The highest BCUT2D eigenvalue weighted by atomic mass is 79.9. The van der Waals surface area contributed by atoms with Gasteiger partial charge in [0.15, 0.2) is 0 Å². The van der Waals surface area contributed by atoms with Crippen LogP contribution in [0.1, 0.15) is 17.6 Å². The van der Waals surface area contributed by atoms with E-state index < -0.39 is 17.8 Å². The molecule has 1 aromatic carbocycles. The van der Waals surface area contributed by atoms with Gasteiger partial charge in [-0.3, -0.25) is 0 Å². The molecule has 4 heteroatoms. The van der Waals surface area contributed by atoms with Gasteiger partial charge in [0, 0.05) is 0 Å². The van der Waals surface area contributed by atoms with Crippen LogP contribution in [-0.4, -0.2) is 0 Å². The van der Waals surface area contributed by atoms with E-state index in [1.165, 1.54) is 6.07 Å². The first kappa shape index (κ1) is 9.58. The van der Waals surface area contributed by atoms with E-state index in [0.29, 0.717) is 5.56 Å². The average molecular weight is 239 g/mol. The number of alkyl halides is 2. The number of aryl methyl sites for hydroxylation is 1. The van der Waals surface area contributed by atoms with Crippen LogP contribution < -0.4 is 0 Å². The summed E-state index contributed by atoms with van der Waals surface area (Å²) in [6, 6.07) is 2.55. The van der Waals surface area contributed by atoms with E-state index in [-0.39, 0.29) is 4.47 Å². The van der Waals surface area contributed by atoms with Crippen molar-refractivity contribution in [1.82, 2.24) is 0 Å². The van der Waals surface area contributed by atoms with Crippen molar-refractivity contribution in [2.45, 2.75) is 13.3 Å². The highest BCUT2D eigenvalue weighted by Crippen LogP contribution is 2.29. The first-order valence-corrected chi connectivity index (χ1v) is 4.06. The lowest BCUT2D eigenvalue weighted by atomic mass is 10.1. The summed E-state index contributed by atoms with van der Waals surface area (Å²) >= 11 is 2.89. The van der Waals surface area contributed by atoms with Crippen molar-refractivity contribution in [2.75, 3.05) is 0 Å². The zero-order valence-corrected chi connectivity index (χ0v) is 7.83. The Morgan fingerprint density at radius 3 is 2.42 bits per heavy atom. The minimum atomic E-state index is -2.76. The summed E-state index contributed by atoms with van der Waals surface area (Å²) in [7, 11) is 0. The van der Waals surface area contributed by atoms with Crippen LogP contribution in [0.3, 0.4) is 0 Å². The molecule has 0 fully saturated rings. The minimum absolute atomic E-state index is 0.111. The molecule has 0 atom stereocenters. The summed E-state index contributed by atoms with van der Waals surface area (Å²) in [5, 5.41) is 0. The van der Waals surface area contributed by atoms with Crippen LogP contribution >= 0.6 is 15.9 Å². The Hall–Kier alpha value is -0.510. The van der Waals surface area contributed by atoms with Crippen LogP contribution in [0.4, 0.5) is 13.2 Å². The van der Waals surface area contributed by atoms with Gasteiger partial charge < -0.3 is 0 Å². The SMILES string of the molecule is Cc1ccc(C(F)F)c(F)c1Br. The molecule has 0 N–H and O–H groups in total. The molecule has 66 valence electrons. The zero-order valence-electron chi connectivity index (χ0n) is 6.24. The van der Waals surface area contributed by atoms with Gasteiger partial charge in [0.05, 0.1) is 10.0 Å². The molecule has 0 aromatic heterocycles. The van der Waals surface area contributed by atoms with Gasteiger partial charge >= 0.3 is 0 Å². The topological polar surface area (TPSA) is 0 Å². The lowest BCUT2D eigenvalue weighted by Crippen LogP contribution is -1.93. The predicted molar refractivity (Wildman–Crippen MR) is 43.8 cm³/mol. The van der Waals surface area contributed by atoms with Gasteiger partial charge in [-0.1, -0.05) is 12.1 Å². The molecule has 12 heavy (non-hydrogen) atoms. The van der Waals surface area contributed by atoms with Gasteiger partial charge in [-0.05, 0) is 28.4 Å². The molecule has 0 nitrogen and oxygen atoms in total. The Labute approximate surface area is 76.5 Å². The molecule has 0 bridgehead atoms. The van der Waals surface area contributed by atoms with Gasteiger partial charge in [-0.15, -0.1) is 0 Å². The van der Waals surface area contributed by atoms with Crippen molar-refractivity contribution in [2.24, 2.45) is 0 Å². The van der Waals surface area contributed by atoms with Gasteiger partial charge in [-0.25, -0.2) is 13.2 Å². The summed E-state index contributed by atoms with van der Waals surface area (Å²) in [6.07, 6.45) is -2.76. The molecule has 0 saturated carbocycles. The van der Waals surface area contributed by atoms with Crippen molar-refractivity contribution in [1.29, 1.82) is 0 Å². The summed E-state index contributed by atoms with van der Waals surface area (Å²) in [5.41, 5.74) is 0.0457. The number of benzene rings is 1. The molecular weight excluding hydrogens is 233 g/mol. The van der Waals surface area contributed by atoms with E-state index in [9.17, 15) is 13.2 Å². The maximum atomic E-state index is 13.0. The molecule has 0 aliphatic heterocycles. The smallest absolute Gasteiger partial charge is 0.205 e. The van der Waals surface area contributed by atoms with Gasteiger partial charge in [0.1, 0.15) is 5.82 Å². The van der Waals surface area contributed by atoms with Gasteiger partial charge in [-0.2, -0.15) is 0 Å². The number of halogens is 4. The molecule has 0 saturated heterocycles. The molecule has 1 rings (SSSR count). The fraction of sp³-hybridized carbons (Fsp3) is 0.250. The second kappa shape index (κ2) is 3.47. The third kappa shape index (κ3) is 1.63. The fourth-order valence-electron chi connectivity index (χ4n) is 0.829. The lowest BCUT2D eigenvalue weighted by molar-refractivity contribution is 0.146.